The van der Waals surface area contributed by atoms with E-state index in [0.717, 1.165) is 6.42 Å². The van der Waals surface area contributed by atoms with Crippen molar-refractivity contribution in [2.75, 3.05) is 25.1 Å². The molecule has 0 radical (unpaired) electrons. The van der Waals surface area contributed by atoms with Gasteiger partial charge in [-0.2, -0.15) is 0 Å². The van der Waals surface area contributed by atoms with Gasteiger partial charge in [0.05, 0.1) is 4.92 Å². The average Bonchev–Trinajstić information content (AvgIpc) is 2.94. The molecule has 0 aliphatic carbocycles. The minimum atomic E-state index is -0.575. The Balaban J connectivity index is 2.24. The number of hydrazine groups is 1. The fourth-order valence-electron chi connectivity index (χ4n) is 2.56. The van der Waals surface area contributed by atoms with Gasteiger partial charge in [0, 0.05) is 31.5 Å². The third kappa shape index (κ3) is 3.29. The minimum Gasteiger partial charge on any atom is -0.396 e. The average molecular weight is 294 g/mol. The topological polar surface area (TPSA) is 122 Å². The van der Waals surface area contributed by atoms with Crippen molar-refractivity contribution in [3.8, 4) is 0 Å². The van der Waals surface area contributed by atoms with Crippen molar-refractivity contribution < 1.29 is 14.8 Å². The van der Waals surface area contributed by atoms with Crippen LogP contribution in [0.1, 0.15) is 23.2 Å². The summed E-state index contributed by atoms with van der Waals surface area (Å²) in [5, 5.41) is 20.0. The van der Waals surface area contributed by atoms with Gasteiger partial charge in [0.25, 0.3) is 11.6 Å². The van der Waals surface area contributed by atoms with Crippen LogP contribution in [0, 0.1) is 16.0 Å². The van der Waals surface area contributed by atoms with Crippen molar-refractivity contribution in [1.82, 2.24) is 4.90 Å². The Morgan fingerprint density at radius 1 is 1.57 bits per heavy atom. The number of benzene rings is 1. The maximum Gasteiger partial charge on any atom is 0.282 e. The molecule has 2 rings (SSSR count). The van der Waals surface area contributed by atoms with E-state index in [2.05, 4.69) is 5.43 Å². The van der Waals surface area contributed by atoms with Crippen LogP contribution >= 0.6 is 0 Å². The predicted molar refractivity (Wildman–Crippen MR) is 76.6 cm³/mol. The third-order valence-electron chi connectivity index (χ3n) is 3.70. The number of nitrogens with two attached hydrogens (primary N) is 1. The summed E-state index contributed by atoms with van der Waals surface area (Å²) in [5.74, 6) is 5.16. The zero-order chi connectivity index (χ0) is 15.4. The molecule has 1 saturated heterocycles. The highest BCUT2D eigenvalue weighted by molar-refractivity contribution is 5.99. The number of carbonyl (C=O) groups is 1. The van der Waals surface area contributed by atoms with Gasteiger partial charge in [-0.25, -0.2) is 0 Å². The first-order valence-corrected chi connectivity index (χ1v) is 6.72. The molecule has 1 heterocycles. The van der Waals surface area contributed by atoms with E-state index in [9.17, 15) is 14.9 Å². The molecular formula is C13H18N4O4. The molecule has 1 atom stereocenters. The van der Waals surface area contributed by atoms with Crippen molar-refractivity contribution >= 4 is 17.3 Å². The largest absolute Gasteiger partial charge is 0.396 e. The maximum atomic E-state index is 12.5. The Morgan fingerprint density at radius 3 is 2.95 bits per heavy atom. The quantitative estimate of drug-likeness (QED) is 0.418. The fraction of sp³-hybridized carbons (Fsp3) is 0.462. The second-order valence-corrected chi connectivity index (χ2v) is 5.05. The number of anilines is 1. The smallest absolute Gasteiger partial charge is 0.282 e. The summed E-state index contributed by atoms with van der Waals surface area (Å²) >= 11 is 0. The first kappa shape index (κ1) is 15.2. The number of nitrogens with one attached hydrogen (secondary N) is 1. The van der Waals surface area contributed by atoms with Crippen LogP contribution in [-0.2, 0) is 0 Å². The Morgan fingerprint density at radius 2 is 2.33 bits per heavy atom. The maximum absolute atomic E-state index is 12.5. The van der Waals surface area contributed by atoms with Crippen LogP contribution in [0.15, 0.2) is 18.2 Å². The molecule has 0 saturated carbocycles. The molecule has 8 nitrogen and oxygen atoms in total. The SMILES string of the molecule is NNc1ccc([N+](=O)[O-])c(C(=O)N2CCC(CCO)C2)c1. The lowest BCUT2D eigenvalue weighted by atomic mass is 10.1. The van der Waals surface area contributed by atoms with Gasteiger partial charge in [0.2, 0.25) is 0 Å². The van der Waals surface area contributed by atoms with Gasteiger partial charge in [-0.05, 0) is 30.9 Å². The number of hydrogen-bond acceptors (Lipinski definition) is 6. The second-order valence-electron chi connectivity index (χ2n) is 5.05. The summed E-state index contributed by atoms with van der Waals surface area (Å²) in [4.78, 5) is 24.5. The summed E-state index contributed by atoms with van der Waals surface area (Å²) < 4.78 is 0. The van der Waals surface area contributed by atoms with E-state index in [-0.39, 0.29) is 29.7 Å². The lowest BCUT2D eigenvalue weighted by Crippen LogP contribution is -2.29. The number of aliphatic hydroxyl groups is 1. The number of nitro groups is 1. The zero-order valence-corrected chi connectivity index (χ0v) is 11.5. The van der Waals surface area contributed by atoms with Crippen molar-refractivity contribution in [3.63, 3.8) is 0 Å². The normalized spacial score (nSPS) is 17.8. The fourth-order valence-corrected chi connectivity index (χ4v) is 2.56. The third-order valence-corrected chi connectivity index (χ3v) is 3.70. The number of nitrogens with zero attached hydrogens (tertiary/aromatic N) is 2. The molecule has 114 valence electrons. The number of amides is 1. The molecule has 1 aromatic carbocycles. The first-order valence-electron chi connectivity index (χ1n) is 6.72. The lowest BCUT2D eigenvalue weighted by Gasteiger charge is -2.17. The summed E-state index contributed by atoms with van der Waals surface area (Å²) in [6.07, 6.45) is 1.44. The van der Waals surface area contributed by atoms with Crippen LogP contribution in [0.2, 0.25) is 0 Å². The van der Waals surface area contributed by atoms with Crippen LogP contribution < -0.4 is 11.3 Å². The van der Waals surface area contributed by atoms with Crippen LogP contribution in [0.3, 0.4) is 0 Å². The predicted octanol–water partition coefficient (Wildman–Crippen LogP) is 0.725. The van der Waals surface area contributed by atoms with Gasteiger partial charge in [-0.3, -0.25) is 20.8 Å². The number of rotatable bonds is 5. The summed E-state index contributed by atoms with van der Waals surface area (Å²) in [6, 6.07) is 4.11. The van der Waals surface area contributed by atoms with Gasteiger partial charge in [-0.15, -0.1) is 0 Å². The van der Waals surface area contributed by atoms with E-state index in [0.29, 0.717) is 25.2 Å². The first-order chi connectivity index (χ1) is 10.1. The van der Waals surface area contributed by atoms with Gasteiger partial charge in [-0.1, -0.05) is 0 Å². The zero-order valence-electron chi connectivity index (χ0n) is 11.5. The number of nitrogen functional groups attached to an aromatic ring is 1. The number of aliphatic hydroxyl groups excluding tert-OH is 1. The van der Waals surface area contributed by atoms with E-state index < -0.39 is 4.92 Å². The highest BCUT2D eigenvalue weighted by atomic mass is 16.6. The Labute approximate surface area is 121 Å². The summed E-state index contributed by atoms with van der Waals surface area (Å²) in [5.41, 5.74) is 2.62. The van der Waals surface area contributed by atoms with E-state index in [4.69, 9.17) is 10.9 Å². The minimum absolute atomic E-state index is 0.0279. The molecule has 1 unspecified atom stereocenters. The molecule has 1 amide bonds. The standard InChI is InChI=1S/C13H18N4O4/c14-15-10-1-2-12(17(20)21)11(7-10)13(19)16-5-3-9(8-16)4-6-18/h1-2,7,9,15,18H,3-6,8,14H2. The van der Waals surface area contributed by atoms with Gasteiger partial charge < -0.3 is 15.4 Å². The van der Waals surface area contributed by atoms with Crippen LogP contribution in [0.4, 0.5) is 11.4 Å². The molecule has 1 aromatic rings. The van der Waals surface area contributed by atoms with Crippen molar-refractivity contribution in [1.29, 1.82) is 0 Å². The molecule has 8 heteroatoms. The molecule has 1 aliphatic rings. The van der Waals surface area contributed by atoms with Crippen LogP contribution in [-0.4, -0.2) is 40.5 Å². The van der Waals surface area contributed by atoms with Gasteiger partial charge in [0.15, 0.2) is 0 Å². The highest BCUT2D eigenvalue weighted by Crippen LogP contribution is 2.27. The molecule has 4 N–H and O–H groups in total. The number of hydrogen-bond donors (Lipinski definition) is 3. The van der Waals surface area contributed by atoms with Crippen molar-refractivity contribution in [3.05, 3.63) is 33.9 Å². The van der Waals surface area contributed by atoms with Gasteiger partial charge >= 0.3 is 0 Å². The Bertz CT molecular complexity index is 549. The Kier molecular flexibility index (Phi) is 4.71. The van der Waals surface area contributed by atoms with Crippen molar-refractivity contribution in [2.45, 2.75) is 12.8 Å². The van der Waals surface area contributed by atoms with E-state index >= 15 is 0 Å². The Hall–Kier alpha value is -2.19. The molecule has 1 aliphatic heterocycles. The molecule has 21 heavy (non-hydrogen) atoms. The molecular weight excluding hydrogens is 276 g/mol. The van der Waals surface area contributed by atoms with Crippen molar-refractivity contribution in [2.24, 2.45) is 11.8 Å². The summed E-state index contributed by atoms with van der Waals surface area (Å²) in [6.45, 7) is 1.14. The van der Waals surface area contributed by atoms with Crippen LogP contribution in [0.25, 0.3) is 0 Å². The number of carbonyl (C=O) groups excluding carboxylic acids is 1. The highest BCUT2D eigenvalue weighted by Gasteiger charge is 2.30. The second kappa shape index (κ2) is 6.51. The lowest BCUT2D eigenvalue weighted by molar-refractivity contribution is -0.385. The number of nitro benzene ring substituents is 1. The number of likely N-dealkylation sites (tertiary alicyclic amines) is 1. The molecule has 0 aromatic heterocycles. The van der Waals surface area contributed by atoms with Gasteiger partial charge in [0.1, 0.15) is 5.56 Å². The molecule has 0 spiro atoms. The van der Waals surface area contributed by atoms with E-state index in [1.807, 2.05) is 0 Å². The van der Waals surface area contributed by atoms with E-state index in [1.54, 1.807) is 4.90 Å². The van der Waals surface area contributed by atoms with E-state index in [1.165, 1.54) is 18.2 Å². The monoisotopic (exact) mass is 294 g/mol. The van der Waals surface area contributed by atoms with Crippen LogP contribution in [0.5, 0.6) is 0 Å². The molecule has 0 bridgehead atoms. The summed E-state index contributed by atoms with van der Waals surface area (Å²) in [7, 11) is 0. The molecule has 1 fully saturated rings.